The molecule has 4 heteroatoms. The molecule has 0 fully saturated rings. The van der Waals surface area contributed by atoms with Gasteiger partial charge in [-0.3, -0.25) is 0 Å². The van der Waals surface area contributed by atoms with Gasteiger partial charge in [0.05, 0.1) is 5.60 Å². The van der Waals surface area contributed by atoms with E-state index in [4.69, 9.17) is 4.74 Å². The van der Waals surface area contributed by atoms with Crippen molar-refractivity contribution < 1.29 is 14.6 Å². The zero-order valence-electron chi connectivity index (χ0n) is 15.7. The molecule has 1 aliphatic rings. The van der Waals surface area contributed by atoms with E-state index >= 15 is 0 Å². The summed E-state index contributed by atoms with van der Waals surface area (Å²) in [6.45, 7) is 6.20. The van der Waals surface area contributed by atoms with Crippen LogP contribution in [-0.2, 0) is 4.74 Å². The van der Waals surface area contributed by atoms with E-state index in [-0.39, 0.29) is 25.0 Å². The summed E-state index contributed by atoms with van der Waals surface area (Å²) in [6.07, 6.45) is 0.356. The molecule has 2 aromatic carbocycles. The first-order valence-electron chi connectivity index (χ1n) is 9.25. The fourth-order valence-corrected chi connectivity index (χ4v) is 3.51. The van der Waals surface area contributed by atoms with Crippen molar-refractivity contribution in [2.75, 3.05) is 13.2 Å². The van der Waals surface area contributed by atoms with Crippen LogP contribution < -0.4 is 5.32 Å². The van der Waals surface area contributed by atoms with Crippen LogP contribution in [0.2, 0.25) is 0 Å². The molecule has 0 saturated heterocycles. The summed E-state index contributed by atoms with van der Waals surface area (Å²) >= 11 is 0. The van der Waals surface area contributed by atoms with Crippen LogP contribution in [-0.4, -0.2) is 30.0 Å². The van der Waals surface area contributed by atoms with Gasteiger partial charge in [-0.1, -0.05) is 68.8 Å². The summed E-state index contributed by atoms with van der Waals surface area (Å²) in [7, 11) is 0. The lowest BCUT2D eigenvalue weighted by atomic mass is 9.89. The van der Waals surface area contributed by atoms with Gasteiger partial charge < -0.3 is 15.2 Å². The minimum atomic E-state index is -0.944. The molecule has 4 nitrogen and oxygen atoms in total. The lowest BCUT2D eigenvalue weighted by molar-refractivity contribution is 0.00499. The number of amides is 1. The third-order valence-electron chi connectivity index (χ3n) is 5.61. The van der Waals surface area contributed by atoms with Gasteiger partial charge in [0.25, 0.3) is 0 Å². The number of carbonyl (C=O) groups excluding carboxylic acids is 1. The number of hydrogen-bond acceptors (Lipinski definition) is 3. The summed E-state index contributed by atoms with van der Waals surface area (Å²) in [4.78, 5) is 12.1. The van der Waals surface area contributed by atoms with Crippen molar-refractivity contribution in [1.82, 2.24) is 5.32 Å². The quantitative estimate of drug-likeness (QED) is 0.813. The number of benzene rings is 2. The SMILES string of the molecule is CCC(C)C(C)(O)CNC(=O)OCC1c2ccccc2-c2ccccc21. The van der Waals surface area contributed by atoms with Gasteiger partial charge in [-0.2, -0.15) is 0 Å². The maximum Gasteiger partial charge on any atom is 0.407 e. The molecule has 0 bridgehead atoms. The molecule has 0 spiro atoms. The van der Waals surface area contributed by atoms with Crippen molar-refractivity contribution in [3.63, 3.8) is 0 Å². The second kappa shape index (κ2) is 7.50. The van der Waals surface area contributed by atoms with Crippen LogP contribution >= 0.6 is 0 Å². The Labute approximate surface area is 155 Å². The maximum absolute atomic E-state index is 12.1. The fraction of sp³-hybridized carbons (Fsp3) is 0.409. The Kier molecular flexibility index (Phi) is 5.33. The van der Waals surface area contributed by atoms with E-state index in [2.05, 4.69) is 29.6 Å². The first-order chi connectivity index (χ1) is 12.4. The Bertz CT molecular complexity index is 739. The minimum Gasteiger partial charge on any atom is -0.449 e. The summed E-state index contributed by atoms with van der Waals surface area (Å²) in [5, 5.41) is 13.1. The predicted octanol–water partition coefficient (Wildman–Crippen LogP) is 4.32. The molecule has 1 amide bonds. The van der Waals surface area contributed by atoms with Crippen molar-refractivity contribution in [3.05, 3.63) is 59.7 Å². The van der Waals surface area contributed by atoms with Crippen LogP contribution in [0, 0.1) is 5.92 Å². The van der Waals surface area contributed by atoms with Gasteiger partial charge in [0, 0.05) is 12.5 Å². The predicted molar refractivity (Wildman–Crippen MR) is 103 cm³/mol. The smallest absolute Gasteiger partial charge is 0.407 e. The van der Waals surface area contributed by atoms with Crippen molar-refractivity contribution in [3.8, 4) is 11.1 Å². The molecular formula is C22H27NO3. The van der Waals surface area contributed by atoms with Gasteiger partial charge in [0.15, 0.2) is 0 Å². The van der Waals surface area contributed by atoms with E-state index in [9.17, 15) is 9.90 Å². The number of hydrogen-bond donors (Lipinski definition) is 2. The highest BCUT2D eigenvalue weighted by molar-refractivity contribution is 5.79. The van der Waals surface area contributed by atoms with Crippen LogP contribution in [0.5, 0.6) is 0 Å². The van der Waals surface area contributed by atoms with Crippen LogP contribution in [0.15, 0.2) is 48.5 Å². The molecule has 0 radical (unpaired) electrons. The van der Waals surface area contributed by atoms with E-state index in [0.29, 0.717) is 0 Å². The van der Waals surface area contributed by atoms with E-state index < -0.39 is 11.7 Å². The topological polar surface area (TPSA) is 58.6 Å². The Hall–Kier alpha value is -2.33. The lowest BCUT2D eigenvalue weighted by Crippen LogP contribution is -2.45. The first kappa shape index (κ1) is 18.5. The number of aliphatic hydroxyl groups is 1. The van der Waals surface area contributed by atoms with Crippen molar-refractivity contribution >= 4 is 6.09 Å². The largest absolute Gasteiger partial charge is 0.449 e. The van der Waals surface area contributed by atoms with Crippen LogP contribution in [0.4, 0.5) is 4.79 Å². The highest BCUT2D eigenvalue weighted by atomic mass is 16.5. The molecule has 2 unspecified atom stereocenters. The van der Waals surface area contributed by atoms with E-state index in [1.165, 1.54) is 22.3 Å². The molecule has 0 saturated carbocycles. The van der Waals surface area contributed by atoms with Gasteiger partial charge >= 0.3 is 6.09 Å². The van der Waals surface area contributed by atoms with Gasteiger partial charge in [0.2, 0.25) is 0 Å². The van der Waals surface area contributed by atoms with Crippen LogP contribution in [0.3, 0.4) is 0 Å². The van der Waals surface area contributed by atoms with Crippen LogP contribution in [0.1, 0.15) is 44.2 Å². The van der Waals surface area contributed by atoms with Gasteiger partial charge in [-0.25, -0.2) is 4.79 Å². The van der Waals surface area contributed by atoms with E-state index in [0.717, 1.165) is 6.42 Å². The Balaban J connectivity index is 1.64. The normalized spacial score (nSPS) is 16.3. The minimum absolute atomic E-state index is 0.0447. The van der Waals surface area contributed by atoms with Gasteiger partial charge in [-0.05, 0) is 35.1 Å². The van der Waals surface area contributed by atoms with Crippen molar-refractivity contribution in [1.29, 1.82) is 0 Å². The second-order valence-corrected chi connectivity index (χ2v) is 7.35. The molecule has 0 heterocycles. The van der Waals surface area contributed by atoms with Crippen molar-refractivity contribution in [2.45, 2.75) is 38.7 Å². The number of ether oxygens (including phenoxy) is 1. The molecule has 0 aromatic heterocycles. The molecule has 2 atom stereocenters. The molecule has 26 heavy (non-hydrogen) atoms. The zero-order chi connectivity index (χ0) is 18.7. The highest BCUT2D eigenvalue weighted by Crippen LogP contribution is 2.44. The highest BCUT2D eigenvalue weighted by Gasteiger charge is 2.30. The van der Waals surface area contributed by atoms with Gasteiger partial charge in [-0.15, -0.1) is 0 Å². The van der Waals surface area contributed by atoms with Crippen molar-refractivity contribution in [2.24, 2.45) is 5.92 Å². The average molecular weight is 353 g/mol. The third kappa shape index (κ3) is 3.61. The maximum atomic E-state index is 12.1. The summed E-state index contributed by atoms with van der Waals surface area (Å²) < 4.78 is 5.49. The summed E-state index contributed by atoms with van der Waals surface area (Å²) in [5.41, 5.74) is 3.84. The summed E-state index contributed by atoms with van der Waals surface area (Å²) in [5.74, 6) is 0.139. The zero-order valence-corrected chi connectivity index (χ0v) is 15.7. The molecule has 2 aromatic rings. The Morgan fingerprint density at radius 3 is 2.23 bits per heavy atom. The standard InChI is InChI=1S/C22H27NO3/c1-4-15(2)22(3,25)14-23-21(24)26-13-20-18-11-7-5-9-16(18)17-10-6-8-12-19(17)20/h5-12,15,20,25H,4,13-14H2,1-3H3,(H,23,24). The first-order valence-corrected chi connectivity index (χ1v) is 9.25. The van der Waals surface area contributed by atoms with E-state index in [1.54, 1.807) is 6.92 Å². The average Bonchev–Trinajstić information content (AvgIpc) is 2.98. The number of rotatable bonds is 6. The monoisotopic (exact) mass is 353 g/mol. The summed E-state index contributed by atoms with van der Waals surface area (Å²) in [6, 6.07) is 16.5. The number of carbonyl (C=O) groups is 1. The number of fused-ring (bicyclic) bond motifs is 3. The Morgan fingerprint density at radius 2 is 1.69 bits per heavy atom. The number of nitrogens with one attached hydrogen (secondary N) is 1. The molecular weight excluding hydrogens is 326 g/mol. The molecule has 138 valence electrons. The Morgan fingerprint density at radius 1 is 1.15 bits per heavy atom. The molecule has 3 rings (SSSR count). The van der Waals surface area contributed by atoms with Gasteiger partial charge in [0.1, 0.15) is 6.61 Å². The number of alkyl carbamates (subject to hydrolysis) is 1. The lowest BCUT2D eigenvalue weighted by Gasteiger charge is -2.29. The van der Waals surface area contributed by atoms with E-state index in [1.807, 2.05) is 38.1 Å². The third-order valence-corrected chi connectivity index (χ3v) is 5.61. The molecule has 2 N–H and O–H groups in total. The second-order valence-electron chi connectivity index (χ2n) is 7.35. The van der Waals surface area contributed by atoms with Crippen LogP contribution in [0.25, 0.3) is 11.1 Å². The molecule has 0 aliphatic heterocycles. The fourth-order valence-electron chi connectivity index (χ4n) is 3.51. The molecule has 1 aliphatic carbocycles.